The van der Waals surface area contributed by atoms with Gasteiger partial charge < -0.3 is 5.32 Å². The summed E-state index contributed by atoms with van der Waals surface area (Å²) in [4.78, 5) is 1.39. The molecule has 1 nitrogen and oxygen atoms in total. The summed E-state index contributed by atoms with van der Waals surface area (Å²) in [6.45, 7) is 3.29. The van der Waals surface area contributed by atoms with Gasteiger partial charge in [0.15, 0.2) is 0 Å². The first kappa shape index (κ1) is 12.0. The monoisotopic (exact) mass is 235 g/mol. The van der Waals surface area contributed by atoms with E-state index in [9.17, 15) is 0 Å². The average Bonchev–Trinajstić information content (AvgIpc) is 3.12. The molecule has 1 aliphatic rings. The molecule has 2 rings (SSSR count). The van der Waals surface area contributed by atoms with Crippen molar-refractivity contribution in [2.24, 2.45) is 5.92 Å². The maximum absolute atomic E-state index is 3.60. The molecule has 0 saturated heterocycles. The number of nitrogens with one attached hydrogen (secondary N) is 1. The van der Waals surface area contributed by atoms with Gasteiger partial charge in [0.05, 0.1) is 0 Å². The Bertz CT molecular complexity index is 295. The third kappa shape index (κ3) is 4.18. The van der Waals surface area contributed by atoms with Crippen LogP contribution in [0.4, 0.5) is 0 Å². The fourth-order valence-corrected chi connectivity index (χ4v) is 2.97. The largest absolute Gasteiger partial charge is 0.313 e. The number of thioether (sulfide) groups is 1. The lowest BCUT2D eigenvalue weighted by Gasteiger charge is -2.17. The summed E-state index contributed by atoms with van der Waals surface area (Å²) in [7, 11) is 0. The van der Waals surface area contributed by atoms with Crippen LogP contribution in [0.5, 0.6) is 0 Å². The Balaban J connectivity index is 1.76. The van der Waals surface area contributed by atoms with Crippen LogP contribution in [0.1, 0.15) is 26.2 Å². The van der Waals surface area contributed by atoms with Crippen LogP contribution < -0.4 is 5.32 Å². The van der Waals surface area contributed by atoms with Gasteiger partial charge in [0, 0.05) is 16.7 Å². The van der Waals surface area contributed by atoms with Crippen LogP contribution in [0.25, 0.3) is 0 Å². The number of hydrogen-bond acceptors (Lipinski definition) is 2. The Labute approximate surface area is 103 Å². The molecule has 1 fully saturated rings. The number of benzene rings is 1. The molecule has 0 amide bonds. The maximum Gasteiger partial charge on any atom is 0.0164 e. The highest BCUT2D eigenvalue weighted by molar-refractivity contribution is 7.99. The van der Waals surface area contributed by atoms with Crippen molar-refractivity contribution in [3.05, 3.63) is 30.3 Å². The lowest BCUT2D eigenvalue weighted by atomic mass is 10.1. The van der Waals surface area contributed by atoms with Crippen LogP contribution >= 0.6 is 11.8 Å². The summed E-state index contributed by atoms with van der Waals surface area (Å²) in [5, 5.41) is 3.60. The lowest BCUT2D eigenvalue weighted by Crippen LogP contribution is -2.31. The van der Waals surface area contributed by atoms with Crippen molar-refractivity contribution in [3.8, 4) is 0 Å². The second-order valence-electron chi connectivity index (χ2n) is 4.56. The molecule has 1 N–H and O–H groups in total. The fourth-order valence-electron chi connectivity index (χ4n) is 1.97. The summed E-state index contributed by atoms with van der Waals surface area (Å²) in [6, 6.07) is 11.4. The number of rotatable bonds is 7. The molecule has 1 saturated carbocycles. The first-order chi connectivity index (χ1) is 7.88. The van der Waals surface area contributed by atoms with Crippen LogP contribution in [-0.4, -0.2) is 18.3 Å². The zero-order valence-electron chi connectivity index (χ0n) is 9.99. The van der Waals surface area contributed by atoms with Gasteiger partial charge in [-0.05, 0) is 31.0 Å². The topological polar surface area (TPSA) is 12.0 Å². The Morgan fingerprint density at radius 3 is 2.69 bits per heavy atom. The molecular formula is C14H21NS. The van der Waals surface area contributed by atoms with Crippen molar-refractivity contribution < 1.29 is 0 Å². The molecule has 0 aliphatic heterocycles. The van der Waals surface area contributed by atoms with Gasteiger partial charge in [-0.25, -0.2) is 0 Å². The predicted molar refractivity (Wildman–Crippen MR) is 72.0 cm³/mol. The Hall–Kier alpha value is -0.470. The van der Waals surface area contributed by atoms with Gasteiger partial charge in [-0.15, -0.1) is 11.8 Å². The molecule has 0 radical (unpaired) electrons. The minimum absolute atomic E-state index is 0.697. The molecule has 0 heterocycles. The van der Waals surface area contributed by atoms with Crippen molar-refractivity contribution in [2.75, 3.05) is 12.3 Å². The molecule has 16 heavy (non-hydrogen) atoms. The third-order valence-electron chi connectivity index (χ3n) is 3.00. The molecule has 0 aromatic heterocycles. The number of hydrogen-bond donors (Lipinski definition) is 1. The minimum Gasteiger partial charge on any atom is -0.313 e. The van der Waals surface area contributed by atoms with E-state index in [1.54, 1.807) is 0 Å². The highest BCUT2D eigenvalue weighted by atomic mass is 32.2. The molecule has 0 spiro atoms. The molecule has 1 aromatic rings. The summed E-state index contributed by atoms with van der Waals surface area (Å²) in [6.07, 6.45) is 4.28. The smallest absolute Gasteiger partial charge is 0.0164 e. The van der Waals surface area contributed by atoms with E-state index in [1.165, 1.54) is 29.9 Å². The summed E-state index contributed by atoms with van der Waals surface area (Å²) < 4.78 is 0. The molecule has 1 unspecified atom stereocenters. The van der Waals surface area contributed by atoms with E-state index < -0.39 is 0 Å². The van der Waals surface area contributed by atoms with E-state index >= 15 is 0 Å². The Morgan fingerprint density at radius 1 is 1.31 bits per heavy atom. The van der Waals surface area contributed by atoms with Crippen molar-refractivity contribution in [1.82, 2.24) is 5.32 Å². The van der Waals surface area contributed by atoms with Gasteiger partial charge in [0.25, 0.3) is 0 Å². The van der Waals surface area contributed by atoms with Crippen LogP contribution in [0.2, 0.25) is 0 Å². The van der Waals surface area contributed by atoms with Crippen molar-refractivity contribution in [1.29, 1.82) is 0 Å². The van der Waals surface area contributed by atoms with Gasteiger partial charge in [0.2, 0.25) is 0 Å². The van der Waals surface area contributed by atoms with Gasteiger partial charge in [-0.3, -0.25) is 0 Å². The van der Waals surface area contributed by atoms with Crippen molar-refractivity contribution >= 4 is 11.8 Å². The summed E-state index contributed by atoms with van der Waals surface area (Å²) in [5.74, 6) is 2.22. The van der Waals surface area contributed by atoms with E-state index in [2.05, 4.69) is 42.6 Å². The van der Waals surface area contributed by atoms with E-state index in [0.717, 1.165) is 12.5 Å². The third-order valence-corrected chi connectivity index (χ3v) is 4.18. The van der Waals surface area contributed by atoms with E-state index in [1.807, 2.05) is 11.8 Å². The lowest BCUT2D eigenvalue weighted by molar-refractivity contribution is 0.508. The zero-order chi connectivity index (χ0) is 11.2. The maximum atomic E-state index is 3.60. The second-order valence-corrected chi connectivity index (χ2v) is 5.65. The molecule has 88 valence electrons. The average molecular weight is 235 g/mol. The van der Waals surface area contributed by atoms with Crippen molar-refractivity contribution in [2.45, 2.75) is 37.1 Å². The Kier molecular flexibility index (Phi) is 4.73. The van der Waals surface area contributed by atoms with Crippen LogP contribution in [0.15, 0.2) is 35.2 Å². The SMILES string of the molecule is CCNC(CSc1ccccc1)CC1CC1. The first-order valence-corrected chi connectivity index (χ1v) is 7.28. The Morgan fingerprint density at radius 2 is 2.06 bits per heavy atom. The van der Waals surface area contributed by atoms with Gasteiger partial charge in [0.1, 0.15) is 0 Å². The molecule has 1 atom stereocenters. The fraction of sp³-hybridized carbons (Fsp3) is 0.571. The van der Waals surface area contributed by atoms with E-state index in [4.69, 9.17) is 0 Å². The normalized spacial score (nSPS) is 17.3. The van der Waals surface area contributed by atoms with Gasteiger partial charge in [-0.2, -0.15) is 0 Å². The first-order valence-electron chi connectivity index (χ1n) is 6.29. The van der Waals surface area contributed by atoms with Crippen LogP contribution in [0, 0.1) is 5.92 Å². The highest BCUT2D eigenvalue weighted by Crippen LogP contribution is 2.34. The summed E-state index contributed by atoms with van der Waals surface area (Å²) >= 11 is 1.98. The second kappa shape index (κ2) is 6.31. The zero-order valence-corrected chi connectivity index (χ0v) is 10.8. The summed E-state index contributed by atoms with van der Waals surface area (Å²) in [5.41, 5.74) is 0. The van der Waals surface area contributed by atoms with Crippen LogP contribution in [0.3, 0.4) is 0 Å². The van der Waals surface area contributed by atoms with E-state index in [0.29, 0.717) is 6.04 Å². The quantitative estimate of drug-likeness (QED) is 0.725. The standard InChI is InChI=1S/C14H21NS/c1-2-15-13(10-12-8-9-12)11-16-14-6-4-3-5-7-14/h3-7,12-13,15H,2,8-11H2,1H3. The predicted octanol–water partition coefficient (Wildman–Crippen LogP) is 3.56. The molecule has 2 heteroatoms. The minimum atomic E-state index is 0.697. The van der Waals surface area contributed by atoms with E-state index in [-0.39, 0.29) is 0 Å². The van der Waals surface area contributed by atoms with Crippen molar-refractivity contribution in [3.63, 3.8) is 0 Å². The molecule has 1 aromatic carbocycles. The molecule has 1 aliphatic carbocycles. The van der Waals surface area contributed by atoms with Gasteiger partial charge in [-0.1, -0.05) is 38.0 Å². The van der Waals surface area contributed by atoms with Gasteiger partial charge >= 0.3 is 0 Å². The molecule has 0 bridgehead atoms. The highest BCUT2D eigenvalue weighted by Gasteiger charge is 2.24. The van der Waals surface area contributed by atoms with Crippen LogP contribution in [-0.2, 0) is 0 Å². The molecular weight excluding hydrogens is 214 g/mol.